The van der Waals surface area contributed by atoms with E-state index in [1.807, 2.05) is 43.0 Å². The van der Waals surface area contributed by atoms with Gasteiger partial charge in [-0.3, -0.25) is 4.79 Å². The van der Waals surface area contributed by atoms with Crippen LogP contribution in [0.3, 0.4) is 0 Å². The van der Waals surface area contributed by atoms with Gasteiger partial charge in [-0.25, -0.2) is 0 Å². The smallest absolute Gasteiger partial charge is 0.240 e. The summed E-state index contributed by atoms with van der Waals surface area (Å²) in [5, 5.41) is 15.6. The van der Waals surface area contributed by atoms with E-state index in [-0.39, 0.29) is 17.9 Å². The number of nitrogens with zero attached hydrogens (tertiary/aromatic N) is 1. The van der Waals surface area contributed by atoms with Crippen molar-refractivity contribution in [3.8, 4) is 0 Å². The fraction of sp³-hybridized carbons (Fsp3) is 0.682. The van der Waals surface area contributed by atoms with Gasteiger partial charge in [0.15, 0.2) is 0 Å². The Morgan fingerprint density at radius 2 is 1.85 bits per heavy atom. The second-order valence-corrected chi connectivity index (χ2v) is 9.39. The predicted molar refractivity (Wildman–Crippen MR) is 112 cm³/mol. The third-order valence-electron chi connectivity index (χ3n) is 6.09. The first-order valence-corrected chi connectivity index (χ1v) is 10.4. The van der Waals surface area contributed by atoms with Gasteiger partial charge >= 0.3 is 0 Å². The highest BCUT2D eigenvalue weighted by atomic mass is 35.5. The van der Waals surface area contributed by atoms with Gasteiger partial charge in [0.2, 0.25) is 5.91 Å². The molecule has 1 heterocycles. The first kappa shape index (κ1) is 22.2. The molecule has 2 N–H and O–H groups in total. The van der Waals surface area contributed by atoms with Gasteiger partial charge in [0, 0.05) is 29.6 Å². The number of aliphatic hydroxyl groups is 1. The maximum Gasteiger partial charge on any atom is 0.240 e. The molecule has 27 heavy (non-hydrogen) atoms. The standard InChI is InChI=1S/C22H35ClN2O2/c1-7-16(4)24-19(15(2)3)20(26)25-13-12-22(27,21(5,6)14-25)17-8-10-18(23)11-9-17/h8-11,15-16,19,24,27H,7,12-14H2,1-6H3/t16-,19+,22-/m0/s1. The number of nitrogens with one attached hydrogen (secondary N) is 1. The van der Waals surface area contributed by atoms with Crippen LogP contribution in [-0.2, 0) is 10.4 Å². The zero-order valence-corrected chi connectivity index (χ0v) is 18.3. The molecule has 0 spiro atoms. The van der Waals surface area contributed by atoms with E-state index in [9.17, 15) is 9.90 Å². The van der Waals surface area contributed by atoms with Crippen molar-refractivity contribution in [1.82, 2.24) is 10.2 Å². The van der Waals surface area contributed by atoms with Gasteiger partial charge in [-0.05, 0) is 43.4 Å². The highest BCUT2D eigenvalue weighted by molar-refractivity contribution is 6.30. The Labute approximate surface area is 169 Å². The predicted octanol–water partition coefficient (Wildman–Crippen LogP) is 4.20. The highest BCUT2D eigenvalue weighted by Crippen LogP contribution is 2.46. The van der Waals surface area contributed by atoms with Gasteiger partial charge in [-0.15, -0.1) is 0 Å². The number of likely N-dealkylation sites (tertiary alicyclic amines) is 1. The van der Waals surface area contributed by atoms with Crippen LogP contribution < -0.4 is 5.32 Å². The Kier molecular flexibility index (Phi) is 6.99. The Bertz CT molecular complexity index is 644. The number of piperidine rings is 1. The van der Waals surface area contributed by atoms with Crippen LogP contribution in [-0.4, -0.2) is 41.1 Å². The maximum absolute atomic E-state index is 13.2. The molecule has 1 aliphatic rings. The van der Waals surface area contributed by atoms with E-state index in [0.29, 0.717) is 30.6 Å². The summed E-state index contributed by atoms with van der Waals surface area (Å²) in [5.74, 6) is 0.350. The van der Waals surface area contributed by atoms with Crippen LogP contribution in [0, 0.1) is 11.3 Å². The van der Waals surface area contributed by atoms with Gasteiger partial charge in [0.05, 0.1) is 11.6 Å². The molecule has 3 atom stereocenters. The van der Waals surface area contributed by atoms with E-state index in [0.717, 1.165) is 12.0 Å². The lowest BCUT2D eigenvalue weighted by Crippen LogP contribution is -2.60. The summed E-state index contributed by atoms with van der Waals surface area (Å²) in [7, 11) is 0. The van der Waals surface area contributed by atoms with Crippen molar-refractivity contribution in [2.75, 3.05) is 13.1 Å². The second-order valence-electron chi connectivity index (χ2n) is 8.96. The van der Waals surface area contributed by atoms with E-state index in [1.54, 1.807) is 0 Å². The summed E-state index contributed by atoms with van der Waals surface area (Å²) < 4.78 is 0. The topological polar surface area (TPSA) is 52.6 Å². The molecule has 1 aliphatic heterocycles. The van der Waals surface area contributed by atoms with Gasteiger partial charge < -0.3 is 15.3 Å². The van der Waals surface area contributed by atoms with Crippen molar-refractivity contribution in [3.63, 3.8) is 0 Å². The number of carbonyl (C=O) groups excluding carboxylic acids is 1. The van der Waals surface area contributed by atoms with Gasteiger partial charge in [-0.1, -0.05) is 58.4 Å². The Hall–Kier alpha value is -1.10. The summed E-state index contributed by atoms with van der Waals surface area (Å²) >= 11 is 6.01. The summed E-state index contributed by atoms with van der Waals surface area (Å²) in [5.41, 5.74) is -0.583. The molecular weight excluding hydrogens is 360 g/mol. The fourth-order valence-electron chi connectivity index (χ4n) is 3.94. The van der Waals surface area contributed by atoms with Crippen molar-refractivity contribution in [2.45, 2.75) is 72.1 Å². The average Bonchev–Trinajstić information content (AvgIpc) is 2.61. The van der Waals surface area contributed by atoms with Crippen LogP contribution in [0.5, 0.6) is 0 Å². The van der Waals surface area contributed by atoms with Gasteiger partial charge in [0.25, 0.3) is 0 Å². The van der Waals surface area contributed by atoms with Crippen molar-refractivity contribution >= 4 is 17.5 Å². The van der Waals surface area contributed by atoms with Gasteiger partial charge in [0.1, 0.15) is 0 Å². The van der Waals surface area contributed by atoms with Crippen LogP contribution in [0.25, 0.3) is 0 Å². The summed E-state index contributed by atoms with van der Waals surface area (Å²) in [6, 6.07) is 7.51. The zero-order valence-electron chi connectivity index (χ0n) is 17.6. The average molecular weight is 395 g/mol. The molecule has 1 aromatic carbocycles. The van der Waals surface area contributed by atoms with Gasteiger partial charge in [-0.2, -0.15) is 0 Å². The van der Waals surface area contributed by atoms with E-state index >= 15 is 0 Å². The first-order chi connectivity index (χ1) is 12.5. The molecule has 1 saturated heterocycles. The van der Waals surface area contributed by atoms with Crippen LogP contribution in [0.15, 0.2) is 24.3 Å². The summed E-state index contributed by atoms with van der Waals surface area (Å²) in [6.07, 6.45) is 1.50. The number of rotatable bonds is 6. The molecule has 5 heteroatoms. The van der Waals surface area contributed by atoms with Crippen LogP contribution in [0.4, 0.5) is 0 Å². The lowest BCUT2D eigenvalue weighted by Gasteiger charge is -2.51. The quantitative estimate of drug-likeness (QED) is 0.760. The van der Waals surface area contributed by atoms with Crippen LogP contribution >= 0.6 is 11.6 Å². The lowest BCUT2D eigenvalue weighted by atomic mass is 9.66. The fourth-order valence-corrected chi connectivity index (χ4v) is 4.07. The molecule has 0 unspecified atom stereocenters. The molecule has 4 nitrogen and oxygen atoms in total. The second kappa shape index (κ2) is 8.50. The molecule has 1 fully saturated rings. The van der Waals surface area contributed by atoms with Crippen molar-refractivity contribution in [1.29, 1.82) is 0 Å². The number of halogens is 1. The number of amides is 1. The first-order valence-electron chi connectivity index (χ1n) is 10.0. The number of hydrogen-bond acceptors (Lipinski definition) is 3. The summed E-state index contributed by atoms with van der Waals surface area (Å²) in [4.78, 5) is 15.2. The lowest BCUT2D eigenvalue weighted by molar-refractivity contribution is -0.156. The Morgan fingerprint density at radius 1 is 1.26 bits per heavy atom. The molecule has 0 bridgehead atoms. The molecule has 152 valence electrons. The summed E-state index contributed by atoms with van der Waals surface area (Å²) in [6.45, 7) is 13.5. The minimum atomic E-state index is -0.980. The van der Waals surface area contributed by atoms with E-state index in [4.69, 9.17) is 11.6 Å². The Balaban J connectivity index is 2.20. The molecule has 1 amide bonds. The van der Waals surface area contributed by atoms with E-state index in [1.165, 1.54) is 0 Å². The monoisotopic (exact) mass is 394 g/mol. The normalized spacial score (nSPS) is 24.7. The Morgan fingerprint density at radius 3 is 2.33 bits per heavy atom. The number of carbonyl (C=O) groups is 1. The third kappa shape index (κ3) is 4.67. The molecule has 0 aliphatic carbocycles. The largest absolute Gasteiger partial charge is 0.384 e. The van der Waals surface area contributed by atoms with Crippen molar-refractivity contribution in [3.05, 3.63) is 34.9 Å². The highest BCUT2D eigenvalue weighted by Gasteiger charge is 2.50. The zero-order chi connectivity index (χ0) is 20.4. The van der Waals surface area contributed by atoms with Crippen molar-refractivity contribution in [2.24, 2.45) is 11.3 Å². The SMILES string of the molecule is CC[C@H](C)N[C@@H](C(=O)N1CC[C@](O)(c2ccc(Cl)cc2)C(C)(C)C1)C(C)C. The van der Waals surface area contributed by atoms with Crippen LogP contribution in [0.2, 0.25) is 5.02 Å². The molecule has 0 saturated carbocycles. The van der Waals surface area contributed by atoms with E-state index in [2.05, 4.69) is 33.0 Å². The number of benzene rings is 1. The number of hydrogen-bond donors (Lipinski definition) is 2. The van der Waals surface area contributed by atoms with Crippen molar-refractivity contribution < 1.29 is 9.90 Å². The molecule has 0 aromatic heterocycles. The molecular formula is C22H35ClN2O2. The van der Waals surface area contributed by atoms with E-state index < -0.39 is 11.0 Å². The molecule has 2 rings (SSSR count). The molecule has 1 aromatic rings. The van der Waals surface area contributed by atoms with Crippen LogP contribution in [0.1, 0.15) is 59.9 Å². The minimum Gasteiger partial charge on any atom is -0.384 e. The maximum atomic E-state index is 13.2. The molecule has 0 radical (unpaired) electrons. The third-order valence-corrected chi connectivity index (χ3v) is 6.34. The minimum absolute atomic E-state index is 0.136.